The molecule has 1 aliphatic heterocycles. The Bertz CT molecular complexity index is 520. The molecule has 0 spiro atoms. The predicted octanol–water partition coefficient (Wildman–Crippen LogP) is 3.18. The van der Waals surface area contributed by atoms with E-state index in [4.69, 9.17) is 11.6 Å². The maximum Gasteiger partial charge on any atom is 0.274 e. The zero-order chi connectivity index (χ0) is 14.1. The normalized spacial score (nSPS) is 25.4. The van der Waals surface area contributed by atoms with Crippen molar-refractivity contribution < 1.29 is 4.79 Å². The maximum atomic E-state index is 12.8. The van der Waals surface area contributed by atoms with Crippen molar-refractivity contribution in [1.82, 2.24) is 9.88 Å². The molecule has 1 aromatic rings. The number of likely N-dealkylation sites (tertiary alicyclic amines) is 1. The lowest BCUT2D eigenvalue weighted by molar-refractivity contribution is 0.0542. The number of anilines is 1. The summed E-state index contributed by atoms with van der Waals surface area (Å²) < 4.78 is 0. The Hall–Kier alpha value is -1.29. The average molecular weight is 294 g/mol. The smallest absolute Gasteiger partial charge is 0.274 e. The highest BCUT2D eigenvalue weighted by Gasteiger charge is 2.38. The second-order valence-electron chi connectivity index (χ2n) is 5.68. The Morgan fingerprint density at radius 2 is 2.15 bits per heavy atom. The fraction of sp³-hybridized carbons (Fsp3) is 0.600. The predicted molar refractivity (Wildman–Crippen MR) is 80.2 cm³/mol. The monoisotopic (exact) mass is 293 g/mol. The van der Waals surface area contributed by atoms with Crippen molar-refractivity contribution in [2.24, 2.45) is 5.92 Å². The molecule has 2 aliphatic rings. The van der Waals surface area contributed by atoms with E-state index in [2.05, 4.69) is 10.3 Å². The summed E-state index contributed by atoms with van der Waals surface area (Å²) >= 11 is 6.17. The van der Waals surface area contributed by atoms with Crippen molar-refractivity contribution in [3.63, 3.8) is 0 Å². The van der Waals surface area contributed by atoms with Crippen LogP contribution in [-0.4, -0.2) is 35.4 Å². The quantitative estimate of drug-likeness (QED) is 0.911. The number of halogens is 1. The number of amides is 1. The van der Waals surface area contributed by atoms with Crippen LogP contribution in [0.5, 0.6) is 0 Å². The number of nitrogens with zero attached hydrogens (tertiary/aromatic N) is 2. The molecule has 5 heteroatoms. The van der Waals surface area contributed by atoms with Crippen LogP contribution in [0.2, 0.25) is 5.02 Å². The van der Waals surface area contributed by atoms with Crippen LogP contribution < -0.4 is 5.32 Å². The average Bonchev–Trinajstić information content (AvgIpc) is 2.95. The van der Waals surface area contributed by atoms with Crippen LogP contribution in [0.1, 0.15) is 42.6 Å². The third-order valence-corrected chi connectivity index (χ3v) is 4.86. The summed E-state index contributed by atoms with van der Waals surface area (Å²) in [4.78, 5) is 19.1. The lowest BCUT2D eigenvalue weighted by Gasteiger charge is -2.37. The second kappa shape index (κ2) is 5.60. The molecule has 2 heterocycles. The Labute approximate surface area is 124 Å². The fourth-order valence-electron chi connectivity index (χ4n) is 3.57. The highest BCUT2D eigenvalue weighted by Crippen LogP contribution is 2.37. The van der Waals surface area contributed by atoms with E-state index >= 15 is 0 Å². The second-order valence-corrected chi connectivity index (χ2v) is 6.08. The molecule has 2 unspecified atom stereocenters. The van der Waals surface area contributed by atoms with Crippen LogP contribution in [0.25, 0.3) is 0 Å². The first kappa shape index (κ1) is 13.7. The number of piperidine rings is 1. The van der Waals surface area contributed by atoms with E-state index in [-0.39, 0.29) is 5.91 Å². The van der Waals surface area contributed by atoms with Gasteiger partial charge in [-0.05, 0) is 43.7 Å². The summed E-state index contributed by atoms with van der Waals surface area (Å²) in [7, 11) is 1.79. The van der Waals surface area contributed by atoms with Crippen LogP contribution >= 0.6 is 11.6 Å². The van der Waals surface area contributed by atoms with E-state index in [0.717, 1.165) is 19.4 Å². The zero-order valence-electron chi connectivity index (χ0n) is 11.7. The van der Waals surface area contributed by atoms with E-state index in [1.807, 2.05) is 4.90 Å². The van der Waals surface area contributed by atoms with Gasteiger partial charge in [-0.3, -0.25) is 4.79 Å². The molecule has 0 aromatic carbocycles. The van der Waals surface area contributed by atoms with Gasteiger partial charge in [0.2, 0.25) is 0 Å². The van der Waals surface area contributed by atoms with Gasteiger partial charge in [-0.1, -0.05) is 18.0 Å². The molecule has 2 fully saturated rings. The maximum absolute atomic E-state index is 12.8. The van der Waals surface area contributed by atoms with Gasteiger partial charge in [0, 0.05) is 19.6 Å². The Kier molecular flexibility index (Phi) is 3.83. The van der Waals surface area contributed by atoms with Gasteiger partial charge in [-0.15, -0.1) is 0 Å². The lowest BCUT2D eigenvalue weighted by Crippen LogP contribution is -2.46. The van der Waals surface area contributed by atoms with Crippen LogP contribution in [0.15, 0.2) is 12.1 Å². The van der Waals surface area contributed by atoms with Crippen LogP contribution in [0.4, 0.5) is 5.82 Å². The Balaban J connectivity index is 1.88. The summed E-state index contributed by atoms with van der Waals surface area (Å²) in [6.45, 7) is 0.835. The van der Waals surface area contributed by atoms with Gasteiger partial charge < -0.3 is 10.2 Å². The Morgan fingerprint density at radius 1 is 1.35 bits per heavy atom. The van der Waals surface area contributed by atoms with E-state index in [0.29, 0.717) is 28.5 Å². The van der Waals surface area contributed by atoms with Crippen LogP contribution in [0.3, 0.4) is 0 Å². The van der Waals surface area contributed by atoms with Crippen molar-refractivity contribution in [3.05, 3.63) is 22.8 Å². The summed E-state index contributed by atoms with van der Waals surface area (Å²) in [5.41, 5.74) is 0.381. The SMILES string of the molecule is CNc1ccc(Cl)c(C(=O)N2CCCC3CCCC32)n1. The molecule has 1 aliphatic carbocycles. The van der Waals surface area contributed by atoms with Crippen molar-refractivity contribution in [3.8, 4) is 0 Å². The van der Waals surface area contributed by atoms with Gasteiger partial charge in [-0.2, -0.15) is 0 Å². The number of fused-ring (bicyclic) bond motifs is 1. The van der Waals surface area contributed by atoms with Crippen molar-refractivity contribution in [2.45, 2.75) is 38.1 Å². The molecule has 1 saturated heterocycles. The first-order valence-electron chi connectivity index (χ1n) is 7.36. The molecule has 20 heavy (non-hydrogen) atoms. The molecule has 0 radical (unpaired) electrons. The molecule has 1 aromatic heterocycles. The number of carbonyl (C=O) groups is 1. The topological polar surface area (TPSA) is 45.2 Å². The minimum atomic E-state index is -0.0105. The molecule has 1 N–H and O–H groups in total. The third-order valence-electron chi connectivity index (χ3n) is 4.56. The first-order valence-corrected chi connectivity index (χ1v) is 7.74. The van der Waals surface area contributed by atoms with E-state index in [9.17, 15) is 4.79 Å². The van der Waals surface area contributed by atoms with Gasteiger partial charge in [-0.25, -0.2) is 4.98 Å². The molecule has 1 amide bonds. The highest BCUT2D eigenvalue weighted by atomic mass is 35.5. The number of aromatic nitrogens is 1. The van der Waals surface area contributed by atoms with Crippen molar-refractivity contribution >= 4 is 23.3 Å². The number of rotatable bonds is 2. The van der Waals surface area contributed by atoms with Crippen molar-refractivity contribution in [1.29, 1.82) is 0 Å². The van der Waals surface area contributed by atoms with E-state index < -0.39 is 0 Å². The summed E-state index contributed by atoms with van der Waals surface area (Å²) in [6.07, 6.45) is 5.96. The molecular weight excluding hydrogens is 274 g/mol. The molecule has 4 nitrogen and oxygen atoms in total. The molecule has 3 rings (SSSR count). The standard InChI is InChI=1S/C15H20ClN3O/c1-17-13-8-7-11(16)14(18-13)15(20)19-9-3-5-10-4-2-6-12(10)19/h7-8,10,12H,2-6,9H2,1H3,(H,17,18). The molecular formula is C15H20ClN3O. The Morgan fingerprint density at radius 3 is 2.95 bits per heavy atom. The lowest BCUT2D eigenvalue weighted by atomic mass is 9.91. The summed E-state index contributed by atoms with van der Waals surface area (Å²) in [5.74, 6) is 1.35. The van der Waals surface area contributed by atoms with E-state index in [1.54, 1.807) is 19.2 Å². The van der Waals surface area contributed by atoms with Gasteiger partial charge in [0.1, 0.15) is 11.5 Å². The van der Waals surface area contributed by atoms with E-state index in [1.165, 1.54) is 19.3 Å². The molecule has 2 atom stereocenters. The minimum Gasteiger partial charge on any atom is -0.373 e. The van der Waals surface area contributed by atoms with Gasteiger partial charge in [0.05, 0.1) is 5.02 Å². The van der Waals surface area contributed by atoms with Gasteiger partial charge >= 0.3 is 0 Å². The summed E-state index contributed by atoms with van der Waals surface area (Å²) in [6, 6.07) is 3.92. The van der Waals surface area contributed by atoms with Gasteiger partial charge in [0.25, 0.3) is 5.91 Å². The minimum absolute atomic E-state index is 0.0105. The highest BCUT2D eigenvalue weighted by molar-refractivity contribution is 6.33. The largest absolute Gasteiger partial charge is 0.373 e. The van der Waals surface area contributed by atoms with Crippen LogP contribution in [0, 0.1) is 5.92 Å². The summed E-state index contributed by atoms with van der Waals surface area (Å²) in [5, 5.41) is 3.40. The number of hydrogen-bond donors (Lipinski definition) is 1. The van der Waals surface area contributed by atoms with Crippen molar-refractivity contribution in [2.75, 3.05) is 18.9 Å². The molecule has 1 saturated carbocycles. The van der Waals surface area contributed by atoms with Crippen LogP contribution in [-0.2, 0) is 0 Å². The number of nitrogens with one attached hydrogen (secondary N) is 1. The third kappa shape index (κ3) is 2.37. The molecule has 108 valence electrons. The zero-order valence-corrected chi connectivity index (χ0v) is 12.5. The first-order chi connectivity index (χ1) is 9.70. The fourth-order valence-corrected chi connectivity index (χ4v) is 3.76. The number of pyridine rings is 1. The number of hydrogen-bond acceptors (Lipinski definition) is 3. The molecule has 0 bridgehead atoms. The number of carbonyl (C=O) groups excluding carboxylic acids is 1. The van der Waals surface area contributed by atoms with Gasteiger partial charge in [0.15, 0.2) is 0 Å².